The number of benzene rings is 2. The normalized spacial score (nSPS) is 10.5. The zero-order chi connectivity index (χ0) is 14.0. The zero-order valence-electron chi connectivity index (χ0n) is 11.0. The van der Waals surface area contributed by atoms with E-state index >= 15 is 0 Å². The first kappa shape index (κ1) is 13.7. The highest BCUT2D eigenvalue weighted by molar-refractivity contribution is 6.33. The fourth-order valence-electron chi connectivity index (χ4n) is 2.10. The predicted octanol–water partition coefficient (Wildman–Crippen LogP) is 4.01. The standard InChI is InChI=1S/C15H16ClFN2/c1-10-6-14(18)13(16)8-15(10)19(2)9-11-4-3-5-12(17)7-11/h3-8H,9,18H2,1-2H3. The third-order valence-electron chi connectivity index (χ3n) is 3.04. The van der Waals surface area contributed by atoms with Crippen molar-refractivity contribution < 1.29 is 4.39 Å². The Morgan fingerprint density at radius 1 is 1.26 bits per heavy atom. The van der Waals surface area contributed by atoms with E-state index < -0.39 is 0 Å². The van der Waals surface area contributed by atoms with Gasteiger partial charge in [0, 0.05) is 19.3 Å². The van der Waals surface area contributed by atoms with E-state index in [0.717, 1.165) is 16.8 Å². The van der Waals surface area contributed by atoms with Crippen molar-refractivity contribution in [2.45, 2.75) is 13.5 Å². The molecule has 0 aromatic heterocycles. The number of halogens is 2. The summed E-state index contributed by atoms with van der Waals surface area (Å²) in [4.78, 5) is 2.02. The molecule has 0 aliphatic heterocycles. The first-order valence-electron chi connectivity index (χ1n) is 5.98. The van der Waals surface area contributed by atoms with Crippen LogP contribution in [0.5, 0.6) is 0 Å². The number of nitrogens with two attached hydrogens (primary N) is 1. The molecule has 0 saturated carbocycles. The van der Waals surface area contributed by atoms with Crippen molar-refractivity contribution in [3.8, 4) is 0 Å². The molecule has 2 aromatic rings. The summed E-state index contributed by atoms with van der Waals surface area (Å²) in [7, 11) is 1.94. The van der Waals surface area contributed by atoms with Crippen LogP contribution in [0.2, 0.25) is 5.02 Å². The van der Waals surface area contributed by atoms with Crippen LogP contribution >= 0.6 is 11.6 Å². The zero-order valence-corrected chi connectivity index (χ0v) is 11.7. The third-order valence-corrected chi connectivity index (χ3v) is 3.36. The maximum Gasteiger partial charge on any atom is 0.123 e. The van der Waals surface area contributed by atoms with E-state index in [-0.39, 0.29) is 5.82 Å². The van der Waals surface area contributed by atoms with Crippen molar-refractivity contribution in [2.75, 3.05) is 17.7 Å². The van der Waals surface area contributed by atoms with E-state index in [4.69, 9.17) is 17.3 Å². The first-order chi connectivity index (χ1) is 8.97. The summed E-state index contributed by atoms with van der Waals surface area (Å²) < 4.78 is 13.2. The molecule has 0 heterocycles. The average molecular weight is 279 g/mol. The lowest BCUT2D eigenvalue weighted by Crippen LogP contribution is -2.17. The number of nitrogen functional groups attached to an aromatic ring is 1. The minimum atomic E-state index is -0.224. The molecule has 0 aliphatic rings. The van der Waals surface area contributed by atoms with E-state index in [1.165, 1.54) is 12.1 Å². The quantitative estimate of drug-likeness (QED) is 0.860. The van der Waals surface area contributed by atoms with Gasteiger partial charge in [-0.05, 0) is 42.3 Å². The van der Waals surface area contributed by atoms with Crippen molar-refractivity contribution in [1.29, 1.82) is 0 Å². The largest absolute Gasteiger partial charge is 0.398 e. The average Bonchev–Trinajstić information content (AvgIpc) is 2.33. The van der Waals surface area contributed by atoms with Gasteiger partial charge in [-0.3, -0.25) is 0 Å². The van der Waals surface area contributed by atoms with Crippen LogP contribution in [-0.4, -0.2) is 7.05 Å². The van der Waals surface area contributed by atoms with Crippen LogP contribution in [-0.2, 0) is 6.54 Å². The molecule has 0 fully saturated rings. The number of hydrogen-bond donors (Lipinski definition) is 1. The summed E-state index contributed by atoms with van der Waals surface area (Å²) in [5.41, 5.74) is 9.28. The molecule has 0 atom stereocenters. The van der Waals surface area contributed by atoms with Gasteiger partial charge >= 0.3 is 0 Å². The number of rotatable bonds is 3. The van der Waals surface area contributed by atoms with Gasteiger partial charge in [0.25, 0.3) is 0 Å². The van der Waals surface area contributed by atoms with Crippen LogP contribution in [0, 0.1) is 12.7 Å². The maximum atomic E-state index is 13.2. The van der Waals surface area contributed by atoms with Gasteiger partial charge in [-0.15, -0.1) is 0 Å². The minimum absolute atomic E-state index is 0.224. The lowest BCUT2D eigenvalue weighted by Gasteiger charge is -2.22. The molecule has 2 N–H and O–H groups in total. The van der Waals surface area contributed by atoms with Crippen LogP contribution in [0.4, 0.5) is 15.8 Å². The highest BCUT2D eigenvalue weighted by Gasteiger charge is 2.09. The van der Waals surface area contributed by atoms with E-state index in [9.17, 15) is 4.39 Å². The molecule has 0 bridgehead atoms. The molecule has 2 nitrogen and oxygen atoms in total. The number of nitrogens with zero attached hydrogens (tertiary/aromatic N) is 1. The van der Waals surface area contributed by atoms with Crippen LogP contribution in [0.1, 0.15) is 11.1 Å². The van der Waals surface area contributed by atoms with Crippen molar-refractivity contribution in [3.63, 3.8) is 0 Å². The van der Waals surface area contributed by atoms with E-state index in [0.29, 0.717) is 17.3 Å². The molecular weight excluding hydrogens is 263 g/mol. The van der Waals surface area contributed by atoms with Crippen LogP contribution in [0.15, 0.2) is 36.4 Å². The van der Waals surface area contributed by atoms with Gasteiger partial charge in [0.1, 0.15) is 5.82 Å². The highest BCUT2D eigenvalue weighted by Crippen LogP contribution is 2.29. The summed E-state index contributed by atoms with van der Waals surface area (Å²) in [5, 5.41) is 0.534. The fraction of sp³-hybridized carbons (Fsp3) is 0.200. The number of hydrogen-bond acceptors (Lipinski definition) is 2. The summed E-state index contributed by atoms with van der Waals surface area (Å²) >= 11 is 6.05. The molecule has 4 heteroatoms. The van der Waals surface area contributed by atoms with Gasteiger partial charge in [-0.25, -0.2) is 4.39 Å². The maximum absolute atomic E-state index is 13.2. The highest BCUT2D eigenvalue weighted by atomic mass is 35.5. The molecular formula is C15H16ClFN2. The Bertz CT molecular complexity index is 599. The van der Waals surface area contributed by atoms with Gasteiger partial charge in [0.05, 0.1) is 10.7 Å². The molecule has 2 aromatic carbocycles. The molecule has 0 aliphatic carbocycles. The monoisotopic (exact) mass is 278 g/mol. The minimum Gasteiger partial charge on any atom is -0.398 e. The second-order valence-electron chi connectivity index (χ2n) is 4.65. The molecule has 0 amide bonds. The number of anilines is 2. The second-order valence-corrected chi connectivity index (χ2v) is 5.05. The van der Waals surface area contributed by atoms with E-state index in [2.05, 4.69) is 0 Å². The van der Waals surface area contributed by atoms with E-state index in [1.54, 1.807) is 6.07 Å². The Morgan fingerprint density at radius 3 is 2.68 bits per heavy atom. The molecule has 19 heavy (non-hydrogen) atoms. The molecule has 0 unspecified atom stereocenters. The summed E-state index contributed by atoms with van der Waals surface area (Å²) in [6.45, 7) is 2.59. The van der Waals surface area contributed by atoms with Crippen LogP contribution in [0.3, 0.4) is 0 Å². The van der Waals surface area contributed by atoms with Gasteiger partial charge in [-0.1, -0.05) is 23.7 Å². The lowest BCUT2D eigenvalue weighted by atomic mass is 10.1. The summed E-state index contributed by atoms with van der Waals surface area (Å²) in [5.74, 6) is -0.224. The summed E-state index contributed by atoms with van der Waals surface area (Å²) in [6, 6.07) is 10.3. The Kier molecular flexibility index (Phi) is 3.96. The molecule has 2 rings (SSSR count). The summed E-state index contributed by atoms with van der Waals surface area (Å²) in [6.07, 6.45) is 0. The van der Waals surface area contributed by atoms with Crippen LogP contribution in [0.25, 0.3) is 0 Å². The fourth-order valence-corrected chi connectivity index (χ4v) is 2.26. The van der Waals surface area contributed by atoms with Gasteiger partial charge in [-0.2, -0.15) is 0 Å². The Labute approximate surface area is 117 Å². The molecule has 0 saturated heterocycles. The SMILES string of the molecule is Cc1cc(N)c(Cl)cc1N(C)Cc1cccc(F)c1. The second kappa shape index (κ2) is 5.49. The number of aryl methyl sites for hydroxylation is 1. The van der Waals surface area contributed by atoms with Gasteiger partial charge in [0.15, 0.2) is 0 Å². The van der Waals surface area contributed by atoms with E-state index in [1.807, 2.05) is 37.1 Å². The van der Waals surface area contributed by atoms with Gasteiger partial charge in [0.2, 0.25) is 0 Å². The molecule has 0 radical (unpaired) electrons. The van der Waals surface area contributed by atoms with Crippen LogP contribution < -0.4 is 10.6 Å². The Balaban J connectivity index is 2.25. The van der Waals surface area contributed by atoms with Crippen molar-refractivity contribution >= 4 is 23.0 Å². The Hall–Kier alpha value is -1.74. The predicted molar refractivity (Wildman–Crippen MR) is 79.1 cm³/mol. The smallest absolute Gasteiger partial charge is 0.123 e. The van der Waals surface area contributed by atoms with Crippen molar-refractivity contribution in [2.24, 2.45) is 0 Å². The Morgan fingerprint density at radius 2 is 2.00 bits per heavy atom. The molecule has 100 valence electrons. The lowest BCUT2D eigenvalue weighted by molar-refractivity contribution is 0.625. The van der Waals surface area contributed by atoms with Crippen molar-refractivity contribution in [3.05, 3.63) is 58.4 Å². The third kappa shape index (κ3) is 3.18. The first-order valence-corrected chi connectivity index (χ1v) is 6.36. The molecule has 0 spiro atoms. The van der Waals surface area contributed by atoms with Gasteiger partial charge < -0.3 is 10.6 Å². The topological polar surface area (TPSA) is 29.3 Å². The van der Waals surface area contributed by atoms with Crippen molar-refractivity contribution in [1.82, 2.24) is 0 Å².